The van der Waals surface area contributed by atoms with Crippen molar-refractivity contribution in [3.63, 3.8) is 0 Å². The van der Waals surface area contributed by atoms with E-state index >= 15 is 0 Å². The molecule has 1 aliphatic heterocycles. The fraction of sp³-hybridized carbons (Fsp3) is 0.444. The molecule has 3 atom stereocenters. The molecular weight excluding hydrogens is 156 g/mol. The topological polar surface area (TPSA) is 46.5 Å². The lowest BCUT2D eigenvalue weighted by atomic mass is 10.00. The number of ether oxygens (including phenoxy) is 1. The van der Waals surface area contributed by atoms with Gasteiger partial charge in [0.2, 0.25) is 0 Å². The number of carboxylic acid groups (broad SMARTS) is 1. The van der Waals surface area contributed by atoms with Crippen molar-refractivity contribution in [3.05, 3.63) is 25.3 Å². The summed E-state index contributed by atoms with van der Waals surface area (Å²) in [7, 11) is 0. The van der Waals surface area contributed by atoms with Crippen LogP contribution < -0.4 is 0 Å². The molecule has 0 aromatic rings. The van der Waals surface area contributed by atoms with Crippen LogP contribution in [0.5, 0.6) is 0 Å². The van der Waals surface area contributed by atoms with Crippen molar-refractivity contribution < 1.29 is 14.6 Å². The van der Waals surface area contributed by atoms with Gasteiger partial charge in [0.25, 0.3) is 0 Å². The summed E-state index contributed by atoms with van der Waals surface area (Å²) in [6.45, 7) is 7.07. The van der Waals surface area contributed by atoms with Crippen LogP contribution in [-0.2, 0) is 9.53 Å². The van der Waals surface area contributed by atoms with Crippen molar-refractivity contribution in [2.45, 2.75) is 18.6 Å². The minimum absolute atomic E-state index is 0.144. The third kappa shape index (κ3) is 1.56. The summed E-state index contributed by atoms with van der Waals surface area (Å²) in [6, 6.07) is 0. The summed E-state index contributed by atoms with van der Waals surface area (Å²) in [5.74, 6) is -1.30. The third-order valence-corrected chi connectivity index (χ3v) is 2.03. The molecule has 66 valence electrons. The van der Waals surface area contributed by atoms with Gasteiger partial charge in [-0.05, 0) is 6.42 Å². The van der Waals surface area contributed by atoms with E-state index in [1.165, 1.54) is 6.08 Å². The van der Waals surface area contributed by atoms with Gasteiger partial charge in [-0.1, -0.05) is 12.2 Å². The van der Waals surface area contributed by atoms with Crippen LogP contribution in [-0.4, -0.2) is 23.3 Å². The number of carboxylic acids is 1. The average molecular weight is 168 g/mol. The van der Waals surface area contributed by atoms with Gasteiger partial charge in [-0.2, -0.15) is 0 Å². The maximum Gasteiger partial charge on any atom is 0.309 e. The number of carbonyl (C=O) groups is 1. The second kappa shape index (κ2) is 3.54. The summed E-state index contributed by atoms with van der Waals surface area (Å²) >= 11 is 0. The summed E-state index contributed by atoms with van der Waals surface area (Å²) in [5.41, 5.74) is 0. The number of rotatable bonds is 3. The van der Waals surface area contributed by atoms with Gasteiger partial charge < -0.3 is 9.84 Å². The monoisotopic (exact) mass is 168 g/mol. The normalized spacial score (nSPS) is 34.5. The molecule has 1 rings (SSSR count). The van der Waals surface area contributed by atoms with Crippen molar-refractivity contribution in [1.29, 1.82) is 0 Å². The van der Waals surface area contributed by atoms with Gasteiger partial charge in [0, 0.05) is 0 Å². The van der Waals surface area contributed by atoms with E-state index in [1.807, 2.05) is 0 Å². The Morgan fingerprint density at radius 3 is 2.50 bits per heavy atom. The number of hydrogen-bond acceptors (Lipinski definition) is 2. The van der Waals surface area contributed by atoms with Crippen molar-refractivity contribution in [2.24, 2.45) is 5.92 Å². The van der Waals surface area contributed by atoms with E-state index in [2.05, 4.69) is 13.2 Å². The summed E-state index contributed by atoms with van der Waals surface area (Å²) in [4.78, 5) is 10.7. The highest BCUT2D eigenvalue weighted by Crippen LogP contribution is 2.27. The van der Waals surface area contributed by atoms with E-state index in [4.69, 9.17) is 9.84 Å². The SMILES string of the molecule is C=CC1CC(C(=O)O)C(C=C)O1. The van der Waals surface area contributed by atoms with E-state index in [1.54, 1.807) is 6.08 Å². The first kappa shape index (κ1) is 9.00. The first-order chi connectivity index (χ1) is 5.69. The average Bonchev–Trinajstić information content (AvgIpc) is 2.47. The second-order valence-corrected chi connectivity index (χ2v) is 2.79. The molecule has 0 aliphatic carbocycles. The first-order valence-electron chi connectivity index (χ1n) is 3.82. The Balaban J connectivity index is 2.68. The summed E-state index contributed by atoms with van der Waals surface area (Å²) in [6.07, 6.45) is 3.14. The fourth-order valence-corrected chi connectivity index (χ4v) is 1.35. The highest BCUT2D eigenvalue weighted by molar-refractivity contribution is 5.71. The first-order valence-corrected chi connectivity index (χ1v) is 3.82. The third-order valence-electron chi connectivity index (χ3n) is 2.03. The largest absolute Gasteiger partial charge is 0.481 e. The molecule has 0 spiro atoms. The molecule has 1 N–H and O–H groups in total. The molecule has 0 bridgehead atoms. The van der Waals surface area contributed by atoms with Crippen LogP contribution >= 0.6 is 0 Å². The van der Waals surface area contributed by atoms with Crippen LogP contribution in [0.1, 0.15) is 6.42 Å². The molecule has 3 nitrogen and oxygen atoms in total. The van der Waals surface area contributed by atoms with Gasteiger partial charge in [0.15, 0.2) is 0 Å². The standard InChI is InChI=1S/C9H12O3/c1-3-6-5-7(9(10)11)8(4-2)12-6/h3-4,6-8H,1-2,5H2,(H,10,11). The minimum atomic E-state index is -0.829. The van der Waals surface area contributed by atoms with E-state index in [0.29, 0.717) is 6.42 Å². The number of aliphatic carboxylic acids is 1. The minimum Gasteiger partial charge on any atom is -0.481 e. The van der Waals surface area contributed by atoms with Crippen LogP contribution in [0.3, 0.4) is 0 Å². The predicted octanol–water partition coefficient (Wildman–Crippen LogP) is 1.22. The number of hydrogen-bond donors (Lipinski definition) is 1. The van der Waals surface area contributed by atoms with E-state index in [9.17, 15) is 4.79 Å². The Labute approximate surface area is 71.3 Å². The zero-order chi connectivity index (χ0) is 9.14. The highest BCUT2D eigenvalue weighted by Gasteiger charge is 2.36. The molecule has 3 heteroatoms. The Morgan fingerprint density at radius 2 is 2.17 bits per heavy atom. The van der Waals surface area contributed by atoms with Crippen LogP contribution in [0.25, 0.3) is 0 Å². The van der Waals surface area contributed by atoms with Crippen LogP contribution in [0.2, 0.25) is 0 Å². The zero-order valence-electron chi connectivity index (χ0n) is 6.77. The van der Waals surface area contributed by atoms with Gasteiger partial charge in [0.1, 0.15) is 0 Å². The van der Waals surface area contributed by atoms with E-state index in [0.717, 1.165) is 0 Å². The van der Waals surface area contributed by atoms with Crippen molar-refractivity contribution >= 4 is 5.97 Å². The molecule has 1 heterocycles. The van der Waals surface area contributed by atoms with Crippen LogP contribution in [0, 0.1) is 5.92 Å². The molecule has 0 amide bonds. The molecule has 1 fully saturated rings. The van der Waals surface area contributed by atoms with Crippen LogP contribution in [0.4, 0.5) is 0 Å². The Morgan fingerprint density at radius 1 is 1.50 bits per heavy atom. The Kier molecular flexibility index (Phi) is 2.65. The molecule has 12 heavy (non-hydrogen) atoms. The Hall–Kier alpha value is -1.09. The maximum atomic E-state index is 10.7. The lowest BCUT2D eigenvalue weighted by molar-refractivity contribution is -0.142. The molecule has 0 radical (unpaired) electrons. The summed E-state index contributed by atoms with van der Waals surface area (Å²) < 4.78 is 5.32. The smallest absolute Gasteiger partial charge is 0.309 e. The van der Waals surface area contributed by atoms with Gasteiger partial charge in [-0.15, -0.1) is 13.2 Å². The van der Waals surface area contributed by atoms with Gasteiger partial charge >= 0.3 is 5.97 Å². The van der Waals surface area contributed by atoms with Gasteiger partial charge in [-0.25, -0.2) is 0 Å². The van der Waals surface area contributed by atoms with Crippen molar-refractivity contribution in [2.75, 3.05) is 0 Å². The molecule has 0 aromatic heterocycles. The molecule has 0 aromatic carbocycles. The molecule has 3 unspecified atom stereocenters. The molecule has 1 aliphatic rings. The van der Waals surface area contributed by atoms with Crippen molar-refractivity contribution in [1.82, 2.24) is 0 Å². The second-order valence-electron chi connectivity index (χ2n) is 2.79. The summed E-state index contributed by atoms with van der Waals surface area (Å²) in [5, 5.41) is 8.77. The maximum absolute atomic E-state index is 10.7. The highest BCUT2D eigenvalue weighted by atomic mass is 16.5. The zero-order valence-corrected chi connectivity index (χ0v) is 6.77. The quantitative estimate of drug-likeness (QED) is 0.644. The molecule has 1 saturated heterocycles. The van der Waals surface area contributed by atoms with E-state index in [-0.39, 0.29) is 12.2 Å². The lowest BCUT2D eigenvalue weighted by Crippen LogP contribution is -2.21. The van der Waals surface area contributed by atoms with Gasteiger partial charge in [-0.3, -0.25) is 4.79 Å². The lowest BCUT2D eigenvalue weighted by Gasteiger charge is -2.08. The van der Waals surface area contributed by atoms with Crippen LogP contribution in [0.15, 0.2) is 25.3 Å². The Bertz CT molecular complexity index is 210. The fourth-order valence-electron chi connectivity index (χ4n) is 1.35. The predicted molar refractivity (Wildman–Crippen MR) is 44.8 cm³/mol. The van der Waals surface area contributed by atoms with E-state index < -0.39 is 11.9 Å². The molecule has 0 saturated carbocycles. The molecular formula is C9H12O3. The van der Waals surface area contributed by atoms with Gasteiger partial charge in [0.05, 0.1) is 18.1 Å². The van der Waals surface area contributed by atoms with Crippen molar-refractivity contribution in [3.8, 4) is 0 Å².